The molecular formula is C13H24NO4PSi. The zero-order valence-electron chi connectivity index (χ0n) is 12.8. The molecule has 0 fully saturated rings. The summed E-state index contributed by atoms with van der Waals surface area (Å²) in [5.41, 5.74) is 0.722. The molecule has 1 heterocycles. The summed E-state index contributed by atoms with van der Waals surface area (Å²) in [6.07, 6.45) is 3.32. The second-order valence-corrected chi connectivity index (χ2v) is 11.8. The SMILES string of the molecule is CCOP(=O)(OCC)C(O[Si](C)(C)C)c1cccnc1. The highest BCUT2D eigenvalue weighted by Gasteiger charge is 2.40. The average Bonchev–Trinajstić information content (AvgIpc) is 2.36. The maximum absolute atomic E-state index is 13.0. The van der Waals surface area contributed by atoms with E-state index in [0.717, 1.165) is 5.56 Å². The van der Waals surface area contributed by atoms with E-state index in [1.807, 2.05) is 25.7 Å². The highest BCUT2D eigenvalue weighted by molar-refractivity contribution is 7.54. The first-order valence-electron chi connectivity index (χ1n) is 6.79. The van der Waals surface area contributed by atoms with E-state index in [9.17, 15) is 4.57 Å². The fourth-order valence-corrected chi connectivity index (χ4v) is 5.56. The van der Waals surface area contributed by atoms with Crippen LogP contribution in [0.15, 0.2) is 24.5 Å². The molecule has 114 valence electrons. The van der Waals surface area contributed by atoms with Gasteiger partial charge in [0.05, 0.1) is 13.2 Å². The molecule has 0 saturated carbocycles. The van der Waals surface area contributed by atoms with E-state index < -0.39 is 21.8 Å². The third kappa shape index (κ3) is 5.11. The van der Waals surface area contributed by atoms with Crippen molar-refractivity contribution in [2.24, 2.45) is 0 Å². The van der Waals surface area contributed by atoms with Gasteiger partial charge >= 0.3 is 7.60 Å². The zero-order chi connectivity index (χ0) is 15.2. The lowest BCUT2D eigenvalue weighted by molar-refractivity contribution is 0.158. The van der Waals surface area contributed by atoms with Crippen LogP contribution in [0.1, 0.15) is 25.3 Å². The summed E-state index contributed by atoms with van der Waals surface area (Å²) in [7, 11) is -5.31. The van der Waals surface area contributed by atoms with E-state index in [1.54, 1.807) is 32.3 Å². The molecule has 1 aromatic rings. The molecule has 0 aliphatic carbocycles. The van der Waals surface area contributed by atoms with Gasteiger partial charge in [-0.25, -0.2) is 0 Å². The van der Waals surface area contributed by atoms with Crippen molar-refractivity contribution in [3.8, 4) is 0 Å². The van der Waals surface area contributed by atoms with E-state index in [-0.39, 0.29) is 0 Å². The minimum absolute atomic E-state index is 0.309. The second kappa shape index (κ2) is 7.48. The van der Waals surface area contributed by atoms with Crippen molar-refractivity contribution in [3.05, 3.63) is 30.1 Å². The van der Waals surface area contributed by atoms with Crippen molar-refractivity contribution in [2.45, 2.75) is 39.3 Å². The van der Waals surface area contributed by atoms with Gasteiger partial charge in [0, 0.05) is 18.0 Å². The molecule has 0 spiro atoms. The highest BCUT2D eigenvalue weighted by atomic mass is 31.2. The lowest BCUT2D eigenvalue weighted by Gasteiger charge is -2.31. The molecule has 7 heteroatoms. The Morgan fingerprint density at radius 1 is 1.25 bits per heavy atom. The lowest BCUT2D eigenvalue weighted by Crippen LogP contribution is -2.29. The van der Waals surface area contributed by atoms with E-state index in [4.69, 9.17) is 13.5 Å². The van der Waals surface area contributed by atoms with Crippen LogP contribution in [-0.2, 0) is 18.0 Å². The van der Waals surface area contributed by atoms with Crippen LogP contribution in [0.25, 0.3) is 0 Å². The molecule has 0 radical (unpaired) electrons. The van der Waals surface area contributed by atoms with Gasteiger partial charge in [0.15, 0.2) is 14.2 Å². The first kappa shape index (κ1) is 17.5. The predicted octanol–water partition coefficient (Wildman–Crippen LogP) is 4.20. The Balaban J connectivity index is 3.18. The van der Waals surface area contributed by atoms with Gasteiger partial charge in [-0.15, -0.1) is 0 Å². The largest absolute Gasteiger partial charge is 0.400 e. The summed E-state index contributed by atoms with van der Waals surface area (Å²) in [5, 5.41) is 0. The summed E-state index contributed by atoms with van der Waals surface area (Å²) < 4.78 is 30.0. The van der Waals surface area contributed by atoms with Crippen LogP contribution in [0.2, 0.25) is 19.6 Å². The Morgan fingerprint density at radius 2 is 1.85 bits per heavy atom. The van der Waals surface area contributed by atoms with Gasteiger partial charge in [-0.1, -0.05) is 6.07 Å². The molecule has 5 nitrogen and oxygen atoms in total. The smallest absolute Gasteiger partial charge is 0.362 e. The second-order valence-electron chi connectivity index (χ2n) is 5.24. The van der Waals surface area contributed by atoms with Crippen molar-refractivity contribution >= 4 is 15.9 Å². The van der Waals surface area contributed by atoms with Gasteiger partial charge < -0.3 is 13.5 Å². The van der Waals surface area contributed by atoms with Gasteiger partial charge in [-0.2, -0.15) is 0 Å². The molecule has 0 aliphatic rings. The first-order valence-corrected chi connectivity index (χ1v) is 11.8. The lowest BCUT2D eigenvalue weighted by atomic mass is 10.3. The van der Waals surface area contributed by atoms with Gasteiger partial charge in [0.2, 0.25) is 0 Å². The first-order chi connectivity index (χ1) is 9.32. The number of rotatable bonds is 8. The number of aromatic nitrogens is 1. The van der Waals surface area contributed by atoms with Gasteiger partial charge in [0.1, 0.15) is 0 Å². The summed E-state index contributed by atoms with van der Waals surface area (Å²) in [4.78, 5) is 4.07. The third-order valence-corrected chi connectivity index (χ3v) is 5.70. The Morgan fingerprint density at radius 3 is 2.25 bits per heavy atom. The Hall–Kier alpha value is -0.523. The van der Waals surface area contributed by atoms with E-state index in [0.29, 0.717) is 13.2 Å². The van der Waals surface area contributed by atoms with Crippen LogP contribution in [-0.4, -0.2) is 26.5 Å². The van der Waals surface area contributed by atoms with Gasteiger partial charge in [-0.05, 0) is 39.6 Å². The van der Waals surface area contributed by atoms with E-state index >= 15 is 0 Å². The van der Waals surface area contributed by atoms with Crippen LogP contribution in [0.4, 0.5) is 0 Å². The maximum Gasteiger partial charge on any atom is 0.362 e. The normalized spacial score (nSPS) is 14.2. The average molecular weight is 317 g/mol. The molecule has 1 unspecified atom stereocenters. The van der Waals surface area contributed by atoms with Crippen molar-refractivity contribution in [3.63, 3.8) is 0 Å². The van der Waals surface area contributed by atoms with E-state index in [2.05, 4.69) is 4.98 Å². The van der Waals surface area contributed by atoms with Gasteiger partial charge in [0.25, 0.3) is 0 Å². The monoisotopic (exact) mass is 317 g/mol. The number of hydrogen-bond acceptors (Lipinski definition) is 5. The molecule has 0 aromatic carbocycles. The highest BCUT2D eigenvalue weighted by Crippen LogP contribution is 2.62. The zero-order valence-corrected chi connectivity index (χ0v) is 14.7. The standard InChI is InChI=1S/C13H24NO4PSi/c1-6-16-19(15,17-7-2)13(18-20(3,4)5)12-9-8-10-14-11-12/h8-11,13H,6-7H2,1-5H3. The molecular weight excluding hydrogens is 293 g/mol. The molecule has 1 rings (SSSR count). The Labute approximate surface area is 122 Å². The van der Waals surface area contributed by atoms with Crippen molar-refractivity contribution in [2.75, 3.05) is 13.2 Å². The summed E-state index contributed by atoms with van der Waals surface area (Å²) in [6.45, 7) is 10.3. The quantitative estimate of drug-likeness (QED) is 0.531. The van der Waals surface area contributed by atoms with Crippen LogP contribution in [0.5, 0.6) is 0 Å². The van der Waals surface area contributed by atoms with Crippen LogP contribution < -0.4 is 0 Å². The minimum atomic E-state index is -3.38. The fraction of sp³-hybridized carbons (Fsp3) is 0.615. The predicted molar refractivity (Wildman–Crippen MR) is 82.3 cm³/mol. The van der Waals surface area contributed by atoms with Crippen molar-refractivity contribution in [1.82, 2.24) is 4.98 Å². The molecule has 20 heavy (non-hydrogen) atoms. The molecule has 1 atom stereocenters. The third-order valence-electron chi connectivity index (χ3n) is 2.34. The summed E-state index contributed by atoms with van der Waals surface area (Å²) in [5.74, 6) is -0.720. The van der Waals surface area contributed by atoms with Crippen molar-refractivity contribution in [1.29, 1.82) is 0 Å². The maximum atomic E-state index is 13.0. The van der Waals surface area contributed by atoms with Crippen LogP contribution >= 0.6 is 7.60 Å². The van der Waals surface area contributed by atoms with Crippen LogP contribution in [0, 0.1) is 0 Å². The number of nitrogens with zero attached hydrogens (tertiary/aromatic N) is 1. The molecule has 0 aliphatic heterocycles. The molecule has 0 saturated heterocycles. The summed E-state index contributed by atoms with van der Waals surface area (Å²) >= 11 is 0. The molecule has 1 aromatic heterocycles. The topological polar surface area (TPSA) is 57.7 Å². The molecule has 0 N–H and O–H groups in total. The Bertz CT molecular complexity index is 439. The van der Waals surface area contributed by atoms with E-state index in [1.165, 1.54) is 0 Å². The fourth-order valence-electron chi connectivity index (χ4n) is 1.70. The molecule has 0 bridgehead atoms. The molecule has 0 amide bonds. The van der Waals surface area contributed by atoms with Gasteiger partial charge in [-0.3, -0.25) is 9.55 Å². The number of hydrogen-bond donors (Lipinski definition) is 0. The van der Waals surface area contributed by atoms with Crippen LogP contribution in [0.3, 0.4) is 0 Å². The summed E-state index contributed by atoms with van der Waals surface area (Å²) in [6, 6.07) is 3.63. The number of pyridine rings is 1. The minimum Gasteiger partial charge on any atom is -0.400 e. The van der Waals surface area contributed by atoms with Crippen molar-refractivity contribution < 1.29 is 18.0 Å². The Kier molecular flexibility index (Phi) is 6.55.